The van der Waals surface area contributed by atoms with Crippen molar-refractivity contribution in [3.05, 3.63) is 52.5 Å². The number of aromatic carboxylic acids is 1. The highest BCUT2D eigenvalue weighted by Gasteiger charge is 2.26. The van der Waals surface area contributed by atoms with Crippen molar-refractivity contribution in [2.24, 2.45) is 5.10 Å². The number of carbonyl (C=O) groups excluding carboxylic acids is 2. The van der Waals surface area contributed by atoms with E-state index in [0.717, 1.165) is 11.1 Å². The maximum absolute atomic E-state index is 12.5. The van der Waals surface area contributed by atoms with Crippen LogP contribution >= 0.6 is 0 Å². The van der Waals surface area contributed by atoms with Crippen molar-refractivity contribution >= 4 is 29.2 Å². The molecule has 3 rings (SSSR count). The molecule has 1 aromatic carbocycles. The quantitative estimate of drug-likeness (QED) is 0.824. The second-order valence-corrected chi connectivity index (χ2v) is 6.71. The van der Waals surface area contributed by atoms with E-state index in [1.165, 1.54) is 11.1 Å². The third-order valence-corrected chi connectivity index (χ3v) is 4.51. The lowest BCUT2D eigenvalue weighted by Gasteiger charge is -2.24. The maximum atomic E-state index is 12.5. The molecule has 0 aliphatic carbocycles. The van der Waals surface area contributed by atoms with Crippen molar-refractivity contribution < 1.29 is 23.9 Å². The van der Waals surface area contributed by atoms with Crippen molar-refractivity contribution in [1.29, 1.82) is 0 Å². The van der Waals surface area contributed by atoms with Gasteiger partial charge in [-0.05, 0) is 44.0 Å². The van der Waals surface area contributed by atoms with Crippen LogP contribution < -0.4 is 10.3 Å². The van der Waals surface area contributed by atoms with Gasteiger partial charge in [-0.15, -0.1) is 0 Å². The van der Waals surface area contributed by atoms with Crippen LogP contribution in [-0.4, -0.2) is 28.6 Å². The average Bonchev–Trinajstić information content (AvgIpc) is 3.03. The summed E-state index contributed by atoms with van der Waals surface area (Å²) in [6.07, 6.45) is 0.423. The molecule has 0 unspecified atom stereocenters. The molecule has 2 amide bonds. The first-order chi connectivity index (χ1) is 13.3. The molecule has 8 heteroatoms. The van der Waals surface area contributed by atoms with Crippen LogP contribution in [0.3, 0.4) is 0 Å². The van der Waals surface area contributed by atoms with E-state index in [1.54, 1.807) is 6.92 Å². The number of nitrogens with one attached hydrogen (secondary N) is 1. The van der Waals surface area contributed by atoms with E-state index in [-0.39, 0.29) is 42.3 Å². The van der Waals surface area contributed by atoms with Gasteiger partial charge >= 0.3 is 5.97 Å². The minimum Gasteiger partial charge on any atom is -0.478 e. The Balaban J connectivity index is 1.76. The number of carboxylic acid groups (broad SMARTS) is 1. The van der Waals surface area contributed by atoms with Gasteiger partial charge in [0, 0.05) is 12.8 Å². The van der Waals surface area contributed by atoms with Crippen LogP contribution in [-0.2, 0) is 16.1 Å². The summed E-state index contributed by atoms with van der Waals surface area (Å²) < 4.78 is 5.35. The highest BCUT2D eigenvalue weighted by molar-refractivity contribution is 6.40. The van der Waals surface area contributed by atoms with E-state index in [1.807, 2.05) is 32.0 Å². The number of rotatable bonds is 5. The standard InChI is InChI=1S/C20H21N3O5/c1-11-4-5-12(2)17(8-11)23-18(24)7-6-16(22-23)19(25)21-10-14-9-15(20(26)27)13(3)28-14/h4-5,8-9H,6-7,10H2,1-3H3,(H,21,25)(H,26,27). The summed E-state index contributed by atoms with van der Waals surface area (Å²) in [5.41, 5.74) is 2.83. The van der Waals surface area contributed by atoms with Crippen molar-refractivity contribution in [3.63, 3.8) is 0 Å². The number of hydrogen-bond acceptors (Lipinski definition) is 5. The normalized spacial score (nSPS) is 14.0. The summed E-state index contributed by atoms with van der Waals surface area (Å²) in [5, 5.41) is 17.3. The lowest BCUT2D eigenvalue weighted by atomic mass is 10.1. The first-order valence-electron chi connectivity index (χ1n) is 8.84. The molecule has 2 heterocycles. The summed E-state index contributed by atoms with van der Waals surface area (Å²) >= 11 is 0. The van der Waals surface area contributed by atoms with Crippen LogP contribution in [0.15, 0.2) is 33.8 Å². The van der Waals surface area contributed by atoms with Gasteiger partial charge in [-0.1, -0.05) is 12.1 Å². The number of carboxylic acids is 1. The molecule has 0 bridgehead atoms. The van der Waals surface area contributed by atoms with Crippen molar-refractivity contribution in [3.8, 4) is 0 Å². The van der Waals surface area contributed by atoms with Crippen LogP contribution in [0.2, 0.25) is 0 Å². The van der Waals surface area contributed by atoms with E-state index >= 15 is 0 Å². The van der Waals surface area contributed by atoms with Crippen molar-refractivity contribution in [1.82, 2.24) is 5.32 Å². The van der Waals surface area contributed by atoms with Crippen molar-refractivity contribution in [2.45, 2.75) is 40.2 Å². The van der Waals surface area contributed by atoms with Gasteiger partial charge in [0.2, 0.25) is 5.91 Å². The molecule has 0 radical (unpaired) electrons. The summed E-state index contributed by atoms with van der Waals surface area (Å²) in [6, 6.07) is 7.09. The number of benzene rings is 1. The van der Waals surface area contributed by atoms with E-state index in [4.69, 9.17) is 9.52 Å². The first-order valence-corrected chi connectivity index (χ1v) is 8.84. The SMILES string of the molecule is Cc1ccc(C)c(N2N=C(C(=O)NCc3cc(C(=O)O)c(C)o3)CCC2=O)c1. The van der Waals surface area contributed by atoms with Crippen LogP contribution in [0.5, 0.6) is 0 Å². The number of carbonyl (C=O) groups is 3. The lowest BCUT2D eigenvalue weighted by molar-refractivity contribution is -0.119. The highest BCUT2D eigenvalue weighted by Crippen LogP contribution is 2.25. The molecule has 2 N–H and O–H groups in total. The van der Waals surface area contributed by atoms with E-state index in [0.29, 0.717) is 11.4 Å². The number of hydrazone groups is 1. The van der Waals surface area contributed by atoms with E-state index in [9.17, 15) is 14.4 Å². The molecule has 0 saturated carbocycles. The fourth-order valence-electron chi connectivity index (χ4n) is 2.97. The molecule has 146 valence electrons. The number of anilines is 1. The van der Waals surface area contributed by atoms with Crippen LogP contribution in [0, 0.1) is 20.8 Å². The van der Waals surface area contributed by atoms with E-state index < -0.39 is 11.9 Å². The van der Waals surface area contributed by atoms with Gasteiger partial charge in [0.05, 0.1) is 12.2 Å². The van der Waals surface area contributed by atoms with Gasteiger partial charge in [0.25, 0.3) is 5.91 Å². The van der Waals surface area contributed by atoms with Gasteiger partial charge in [0.1, 0.15) is 22.8 Å². The Morgan fingerprint density at radius 3 is 2.64 bits per heavy atom. The second kappa shape index (κ2) is 7.67. The third-order valence-electron chi connectivity index (χ3n) is 4.51. The Bertz CT molecular complexity index is 990. The Labute approximate surface area is 161 Å². The summed E-state index contributed by atoms with van der Waals surface area (Å²) in [5.74, 6) is -1.06. The van der Waals surface area contributed by atoms with Gasteiger partial charge in [0.15, 0.2) is 0 Å². The summed E-state index contributed by atoms with van der Waals surface area (Å²) in [6.45, 7) is 5.38. The molecule has 1 aromatic heterocycles. The molecular weight excluding hydrogens is 362 g/mol. The monoisotopic (exact) mass is 383 g/mol. The van der Waals surface area contributed by atoms with Crippen LogP contribution in [0.1, 0.15) is 45.8 Å². The van der Waals surface area contributed by atoms with Gasteiger partial charge < -0.3 is 14.8 Å². The van der Waals surface area contributed by atoms with Crippen molar-refractivity contribution in [2.75, 3.05) is 5.01 Å². The van der Waals surface area contributed by atoms with Gasteiger partial charge in [-0.3, -0.25) is 9.59 Å². The maximum Gasteiger partial charge on any atom is 0.339 e. The molecule has 0 saturated heterocycles. The predicted octanol–water partition coefficient (Wildman–Crippen LogP) is 2.70. The third kappa shape index (κ3) is 3.95. The van der Waals surface area contributed by atoms with Gasteiger partial charge in [-0.25, -0.2) is 9.80 Å². The number of nitrogens with zero attached hydrogens (tertiary/aromatic N) is 2. The molecule has 0 atom stereocenters. The smallest absolute Gasteiger partial charge is 0.339 e. The zero-order chi connectivity index (χ0) is 20.4. The Kier molecular flexibility index (Phi) is 5.30. The lowest BCUT2D eigenvalue weighted by Crippen LogP contribution is -2.39. The van der Waals surface area contributed by atoms with Gasteiger partial charge in [-0.2, -0.15) is 5.10 Å². The predicted molar refractivity (Wildman–Crippen MR) is 102 cm³/mol. The zero-order valence-corrected chi connectivity index (χ0v) is 15.9. The average molecular weight is 383 g/mol. The molecule has 0 spiro atoms. The van der Waals surface area contributed by atoms with E-state index in [2.05, 4.69) is 10.4 Å². The molecule has 2 aromatic rings. The summed E-state index contributed by atoms with van der Waals surface area (Å²) in [7, 11) is 0. The zero-order valence-electron chi connectivity index (χ0n) is 15.9. The minimum atomic E-state index is -1.09. The highest BCUT2D eigenvalue weighted by atomic mass is 16.4. The number of hydrogen-bond donors (Lipinski definition) is 2. The molecule has 1 aliphatic rings. The molecular formula is C20H21N3O5. The molecule has 1 aliphatic heterocycles. The Hall–Kier alpha value is -3.42. The molecule has 0 fully saturated rings. The number of amides is 2. The van der Waals surface area contributed by atoms with Crippen LogP contribution in [0.4, 0.5) is 5.69 Å². The number of aryl methyl sites for hydroxylation is 3. The Morgan fingerprint density at radius 2 is 1.96 bits per heavy atom. The first kappa shape index (κ1) is 19.3. The molecule has 8 nitrogen and oxygen atoms in total. The Morgan fingerprint density at radius 1 is 1.21 bits per heavy atom. The summed E-state index contributed by atoms with van der Waals surface area (Å²) in [4.78, 5) is 35.9. The second-order valence-electron chi connectivity index (χ2n) is 6.71. The number of furan rings is 1. The fourth-order valence-corrected chi connectivity index (χ4v) is 2.97. The van der Waals surface area contributed by atoms with Crippen LogP contribution in [0.25, 0.3) is 0 Å². The largest absolute Gasteiger partial charge is 0.478 e. The topological polar surface area (TPSA) is 112 Å². The fraction of sp³-hybridized carbons (Fsp3) is 0.300. The minimum absolute atomic E-state index is 0.0311. The molecule has 28 heavy (non-hydrogen) atoms.